The van der Waals surface area contributed by atoms with Crippen molar-refractivity contribution in [2.75, 3.05) is 11.9 Å². The molecule has 166 valence electrons. The number of rotatable bonds is 5. The van der Waals surface area contributed by atoms with E-state index in [0.717, 1.165) is 37.0 Å². The SMILES string of the molecule is CCP(=O)(O)O[C@H]1CC[C@H](c2ccc(C3=Nc4c(N)ncnc4OC3(C)C)cc2)CC1. The highest BCUT2D eigenvalue weighted by atomic mass is 31.2. The molecule has 8 nitrogen and oxygen atoms in total. The lowest BCUT2D eigenvalue weighted by molar-refractivity contribution is 0.128. The van der Waals surface area contributed by atoms with E-state index < -0.39 is 13.2 Å². The number of nitrogen functional groups attached to an aromatic ring is 1. The van der Waals surface area contributed by atoms with E-state index in [4.69, 9.17) is 20.0 Å². The normalized spacial score (nSPS) is 24.5. The van der Waals surface area contributed by atoms with Crippen LogP contribution in [0.5, 0.6) is 5.88 Å². The molecule has 1 unspecified atom stereocenters. The number of anilines is 1. The number of aliphatic imine (C=N–C) groups is 1. The summed E-state index contributed by atoms with van der Waals surface area (Å²) < 4.78 is 23.3. The second kappa shape index (κ2) is 8.34. The number of hydrogen-bond donors (Lipinski definition) is 2. The average molecular weight is 444 g/mol. The Morgan fingerprint density at radius 1 is 1.19 bits per heavy atom. The zero-order valence-electron chi connectivity index (χ0n) is 18.1. The molecule has 9 heteroatoms. The van der Waals surface area contributed by atoms with Gasteiger partial charge in [0.25, 0.3) is 0 Å². The fraction of sp³-hybridized carbons (Fsp3) is 0.500. The molecule has 4 rings (SSSR count). The van der Waals surface area contributed by atoms with Gasteiger partial charge in [0.1, 0.15) is 11.9 Å². The number of ether oxygens (including phenoxy) is 1. The van der Waals surface area contributed by atoms with Gasteiger partial charge in [0.15, 0.2) is 11.5 Å². The smallest absolute Gasteiger partial charge is 0.328 e. The summed E-state index contributed by atoms with van der Waals surface area (Å²) >= 11 is 0. The maximum atomic E-state index is 11.8. The van der Waals surface area contributed by atoms with Crippen LogP contribution in [0.25, 0.3) is 0 Å². The zero-order chi connectivity index (χ0) is 22.2. The van der Waals surface area contributed by atoms with Gasteiger partial charge in [-0.05, 0) is 51.0 Å². The van der Waals surface area contributed by atoms with Crippen molar-refractivity contribution in [1.82, 2.24) is 9.97 Å². The number of nitrogens with zero attached hydrogens (tertiary/aromatic N) is 3. The summed E-state index contributed by atoms with van der Waals surface area (Å²) in [6, 6.07) is 8.38. The van der Waals surface area contributed by atoms with Gasteiger partial charge in [-0.3, -0.25) is 4.57 Å². The van der Waals surface area contributed by atoms with Gasteiger partial charge in [-0.25, -0.2) is 9.98 Å². The second-order valence-electron chi connectivity index (χ2n) is 8.64. The lowest BCUT2D eigenvalue weighted by atomic mass is 9.82. The van der Waals surface area contributed by atoms with Crippen molar-refractivity contribution in [3.8, 4) is 5.88 Å². The van der Waals surface area contributed by atoms with E-state index in [1.54, 1.807) is 6.92 Å². The molecule has 2 heterocycles. The number of nitrogens with two attached hydrogens (primary N) is 1. The first-order valence-electron chi connectivity index (χ1n) is 10.7. The first kappa shape index (κ1) is 21.9. The lowest BCUT2D eigenvalue weighted by Crippen LogP contribution is -2.41. The van der Waals surface area contributed by atoms with Crippen LogP contribution in [0.2, 0.25) is 0 Å². The molecular formula is C22H29N4O4P. The van der Waals surface area contributed by atoms with Crippen molar-refractivity contribution < 1.29 is 18.7 Å². The van der Waals surface area contributed by atoms with E-state index in [1.165, 1.54) is 11.9 Å². The Morgan fingerprint density at radius 3 is 2.52 bits per heavy atom. The summed E-state index contributed by atoms with van der Waals surface area (Å²) in [5, 5.41) is 0. The molecule has 1 aromatic carbocycles. The van der Waals surface area contributed by atoms with Crippen LogP contribution in [0.1, 0.15) is 63.5 Å². The average Bonchev–Trinajstić information content (AvgIpc) is 2.73. The minimum absolute atomic E-state index is 0.131. The Balaban J connectivity index is 1.49. The van der Waals surface area contributed by atoms with Crippen molar-refractivity contribution in [3.63, 3.8) is 0 Å². The molecule has 0 bridgehead atoms. The van der Waals surface area contributed by atoms with Crippen molar-refractivity contribution in [2.24, 2.45) is 4.99 Å². The molecule has 1 saturated carbocycles. The number of benzene rings is 1. The Bertz CT molecular complexity index is 1030. The highest BCUT2D eigenvalue weighted by Gasteiger charge is 2.35. The van der Waals surface area contributed by atoms with Crippen molar-refractivity contribution in [2.45, 2.75) is 64.1 Å². The second-order valence-corrected chi connectivity index (χ2v) is 10.8. The molecule has 1 aliphatic heterocycles. The third kappa shape index (κ3) is 4.66. The lowest BCUT2D eigenvalue weighted by Gasteiger charge is -2.32. The van der Waals surface area contributed by atoms with Crippen LogP contribution in [0.3, 0.4) is 0 Å². The molecular weight excluding hydrogens is 415 g/mol. The predicted molar refractivity (Wildman–Crippen MR) is 120 cm³/mol. The molecule has 1 aliphatic carbocycles. The van der Waals surface area contributed by atoms with Crippen LogP contribution in [0.15, 0.2) is 35.6 Å². The van der Waals surface area contributed by atoms with Crippen molar-refractivity contribution >= 4 is 24.8 Å². The summed E-state index contributed by atoms with van der Waals surface area (Å²) in [6.45, 7) is 5.59. The Hall–Kier alpha value is -2.28. The molecule has 2 aliphatic rings. The van der Waals surface area contributed by atoms with Crippen LogP contribution < -0.4 is 10.5 Å². The van der Waals surface area contributed by atoms with Crippen molar-refractivity contribution in [3.05, 3.63) is 41.7 Å². The van der Waals surface area contributed by atoms with Gasteiger partial charge < -0.3 is 19.9 Å². The fourth-order valence-electron chi connectivity index (χ4n) is 4.23. The van der Waals surface area contributed by atoms with Gasteiger partial charge in [-0.1, -0.05) is 31.2 Å². The van der Waals surface area contributed by atoms with Crippen LogP contribution in [-0.4, -0.2) is 38.4 Å². The Kier molecular flexibility index (Phi) is 5.90. The monoisotopic (exact) mass is 444 g/mol. The fourth-order valence-corrected chi connectivity index (χ4v) is 5.05. The first-order valence-corrected chi connectivity index (χ1v) is 12.4. The summed E-state index contributed by atoms with van der Waals surface area (Å²) in [5.41, 5.74) is 8.78. The maximum Gasteiger partial charge on any atom is 0.328 e. The highest BCUT2D eigenvalue weighted by Crippen LogP contribution is 2.46. The van der Waals surface area contributed by atoms with Crippen molar-refractivity contribution in [1.29, 1.82) is 0 Å². The molecule has 1 aromatic heterocycles. The summed E-state index contributed by atoms with van der Waals surface area (Å²) in [5.74, 6) is 1.10. The van der Waals surface area contributed by atoms with E-state index in [9.17, 15) is 9.46 Å². The first-order chi connectivity index (χ1) is 14.7. The van der Waals surface area contributed by atoms with E-state index in [1.807, 2.05) is 13.8 Å². The molecule has 0 radical (unpaired) electrons. The summed E-state index contributed by atoms with van der Waals surface area (Å²) in [4.78, 5) is 22.6. The Morgan fingerprint density at radius 2 is 1.87 bits per heavy atom. The van der Waals surface area contributed by atoms with Gasteiger partial charge in [-0.15, -0.1) is 0 Å². The summed E-state index contributed by atoms with van der Waals surface area (Å²) in [6.07, 6.45) is 4.85. The van der Waals surface area contributed by atoms with Gasteiger partial charge >= 0.3 is 7.60 Å². The molecule has 31 heavy (non-hydrogen) atoms. The third-order valence-corrected chi connectivity index (χ3v) is 7.43. The molecule has 1 atom stereocenters. The predicted octanol–water partition coefficient (Wildman–Crippen LogP) is 4.60. The standard InChI is InChI=1S/C22H29N4O4P/c1-4-31(27,28)30-17-11-9-15(10-12-17)14-5-7-16(8-6-14)19-22(2,3)29-21-18(26-19)20(23)24-13-25-21/h5-8,13,15,17H,4,9-12H2,1-3H3,(H,27,28)(H2,23,24,25)/t15-,17-. The highest BCUT2D eigenvalue weighted by molar-refractivity contribution is 7.52. The minimum atomic E-state index is -3.44. The van der Waals surface area contributed by atoms with Crippen LogP contribution in [0, 0.1) is 0 Å². The molecule has 2 aromatic rings. The van der Waals surface area contributed by atoms with Crippen LogP contribution in [-0.2, 0) is 9.09 Å². The minimum Gasteiger partial charge on any atom is -0.463 e. The number of aromatic nitrogens is 2. The quantitative estimate of drug-likeness (QED) is 0.647. The molecule has 3 N–H and O–H groups in total. The molecule has 0 amide bonds. The topological polar surface area (TPSA) is 120 Å². The molecule has 0 saturated heterocycles. The summed E-state index contributed by atoms with van der Waals surface area (Å²) in [7, 11) is -3.44. The van der Waals surface area contributed by atoms with E-state index in [-0.39, 0.29) is 12.3 Å². The van der Waals surface area contributed by atoms with Gasteiger partial charge in [0.2, 0.25) is 5.88 Å². The van der Waals surface area contributed by atoms with Gasteiger partial charge in [0, 0.05) is 11.7 Å². The third-order valence-electron chi connectivity index (χ3n) is 6.01. The number of hydrogen-bond acceptors (Lipinski definition) is 7. The molecule has 0 spiro atoms. The number of fused-ring (bicyclic) bond motifs is 1. The van der Waals surface area contributed by atoms with Crippen LogP contribution in [0.4, 0.5) is 11.5 Å². The largest absolute Gasteiger partial charge is 0.463 e. The Labute approximate surface area is 182 Å². The van der Waals surface area contributed by atoms with Crippen LogP contribution >= 0.6 is 7.60 Å². The van der Waals surface area contributed by atoms with E-state index in [0.29, 0.717) is 23.3 Å². The van der Waals surface area contributed by atoms with E-state index >= 15 is 0 Å². The maximum absolute atomic E-state index is 11.8. The molecule has 1 fully saturated rings. The van der Waals surface area contributed by atoms with Gasteiger partial charge in [-0.2, -0.15) is 4.98 Å². The van der Waals surface area contributed by atoms with E-state index in [2.05, 4.69) is 34.2 Å². The zero-order valence-corrected chi connectivity index (χ0v) is 19.0. The van der Waals surface area contributed by atoms with Gasteiger partial charge in [0.05, 0.1) is 11.8 Å².